The summed E-state index contributed by atoms with van der Waals surface area (Å²) in [6, 6.07) is 7.19. The van der Waals surface area contributed by atoms with Gasteiger partial charge in [0, 0.05) is 24.9 Å². The third-order valence-electron chi connectivity index (χ3n) is 3.36. The van der Waals surface area contributed by atoms with Crippen LogP contribution in [0.15, 0.2) is 30.6 Å². The predicted molar refractivity (Wildman–Crippen MR) is 89.8 cm³/mol. The maximum absolute atomic E-state index is 11.8. The number of aromatic nitrogens is 2. The topological polar surface area (TPSA) is 76.6 Å². The molecule has 0 fully saturated rings. The lowest BCUT2D eigenvalue weighted by Gasteiger charge is -2.35. The molecule has 0 radical (unpaired) electrons. The minimum absolute atomic E-state index is 0.295. The van der Waals surface area contributed by atoms with Gasteiger partial charge >= 0.3 is 0 Å². The van der Waals surface area contributed by atoms with Crippen LogP contribution in [0.5, 0.6) is 0 Å². The number of anilines is 2. The number of ether oxygens (including phenoxy) is 1. The van der Waals surface area contributed by atoms with Crippen LogP contribution in [0.25, 0.3) is 0 Å². The highest BCUT2D eigenvalue weighted by Crippen LogP contribution is 2.31. The molecule has 0 aliphatic heterocycles. The Morgan fingerprint density at radius 2 is 1.96 bits per heavy atom. The second-order valence-electron chi connectivity index (χ2n) is 5.26. The van der Waals surface area contributed by atoms with Crippen molar-refractivity contribution in [3.63, 3.8) is 0 Å². The molecule has 0 saturated carbocycles. The fourth-order valence-corrected chi connectivity index (χ4v) is 2.51. The van der Waals surface area contributed by atoms with E-state index in [9.17, 15) is 4.79 Å². The summed E-state index contributed by atoms with van der Waals surface area (Å²) < 4.78 is 7.16. The minimum atomic E-state index is -0.562. The Hall–Kier alpha value is -2.09. The number of aryl methyl sites for hydroxylation is 1. The second kappa shape index (κ2) is 6.99. The molecule has 1 aromatic heterocycles. The zero-order valence-electron chi connectivity index (χ0n) is 13.5. The summed E-state index contributed by atoms with van der Waals surface area (Å²) in [7, 11) is 7.03. The summed E-state index contributed by atoms with van der Waals surface area (Å²) in [5.74, 6) is -0.143. The van der Waals surface area contributed by atoms with Gasteiger partial charge in [0.1, 0.15) is 0 Å². The Bertz CT molecular complexity index is 684. The average Bonchev–Trinajstić information content (AvgIpc) is 2.87. The highest BCUT2D eigenvalue weighted by Gasteiger charge is 2.29. The summed E-state index contributed by atoms with van der Waals surface area (Å²) in [4.78, 5) is 19.8. The normalized spacial score (nSPS) is 12.4. The number of nitrogens with zero attached hydrogens (tertiary/aromatic N) is 4. The lowest BCUT2D eigenvalue weighted by molar-refractivity contribution is 0.00181. The molecule has 2 rings (SSSR count). The predicted octanol–water partition coefficient (Wildman–Crippen LogP) is 1.80. The monoisotopic (exact) mass is 337 g/mol. The molecule has 0 aliphatic rings. The van der Waals surface area contributed by atoms with Crippen molar-refractivity contribution in [2.75, 3.05) is 26.1 Å². The van der Waals surface area contributed by atoms with Crippen LogP contribution in [0.3, 0.4) is 0 Å². The van der Waals surface area contributed by atoms with E-state index in [1.165, 1.54) is 0 Å². The first kappa shape index (κ1) is 17.3. The molecular formula is C15H20ClN5O2. The summed E-state index contributed by atoms with van der Waals surface area (Å²) in [6.07, 6.45) is 1.06. The van der Waals surface area contributed by atoms with Gasteiger partial charge in [-0.1, -0.05) is 11.6 Å². The van der Waals surface area contributed by atoms with Crippen molar-refractivity contribution >= 4 is 29.0 Å². The zero-order chi connectivity index (χ0) is 17.1. The number of carbonyl (C=O) groups excluding carboxylic acids is 1. The first-order valence-electron chi connectivity index (χ1n) is 6.92. The lowest BCUT2D eigenvalue weighted by Crippen LogP contribution is -2.44. The molecule has 0 aliphatic carbocycles. The molecule has 0 saturated heterocycles. The first-order chi connectivity index (χ1) is 10.9. The number of halogens is 1. The number of primary amides is 1. The van der Waals surface area contributed by atoms with Crippen molar-refractivity contribution in [1.29, 1.82) is 0 Å². The van der Waals surface area contributed by atoms with Crippen molar-refractivity contribution in [2.24, 2.45) is 12.8 Å². The number of methoxy groups -OCH3 is 1. The quantitative estimate of drug-likeness (QED) is 0.813. The molecule has 0 spiro atoms. The van der Waals surface area contributed by atoms with Crippen LogP contribution in [0.4, 0.5) is 11.5 Å². The first-order valence-corrected chi connectivity index (χ1v) is 7.29. The summed E-state index contributed by atoms with van der Waals surface area (Å²) in [5.41, 5.74) is 6.59. The van der Waals surface area contributed by atoms with Gasteiger partial charge in [-0.3, -0.25) is 14.6 Å². The molecule has 1 amide bonds. The van der Waals surface area contributed by atoms with Gasteiger partial charge < -0.3 is 15.0 Å². The van der Waals surface area contributed by atoms with E-state index in [-0.39, 0.29) is 0 Å². The highest BCUT2D eigenvalue weighted by atomic mass is 35.5. The van der Waals surface area contributed by atoms with Gasteiger partial charge in [-0.05, 0) is 38.4 Å². The van der Waals surface area contributed by atoms with Gasteiger partial charge in [0.05, 0.1) is 6.33 Å². The Balaban J connectivity index is 2.63. The Kier molecular flexibility index (Phi) is 5.25. The minimum Gasteiger partial charge on any atom is -0.364 e. The number of carbonyl (C=O) groups is 1. The summed E-state index contributed by atoms with van der Waals surface area (Å²) in [5, 5.41) is 0.615. The number of rotatable bonds is 6. The molecular weight excluding hydrogens is 318 g/mol. The molecule has 1 atom stereocenters. The van der Waals surface area contributed by atoms with E-state index in [0.29, 0.717) is 16.5 Å². The Morgan fingerprint density at radius 1 is 1.35 bits per heavy atom. The van der Waals surface area contributed by atoms with Crippen LogP contribution in [0, 0.1) is 0 Å². The van der Waals surface area contributed by atoms with Crippen molar-refractivity contribution in [3.8, 4) is 0 Å². The molecule has 1 heterocycles. The summed E-state index contributed by atoms with van der Waals surface area (Å²) in [6.45, 7) is 0. The van der Waals surface area contributed by atoms with Crippen LogP contribution in [-0.4, -0.2) is 47.9 Å². The number of hydrogen-bond acceptors (Lipinski definition) is 5. The maximum Gasteiger partial charge on any atom is 0.269 e. The average molecular weight is 338 g/mol. The standard InChI is InChI=1S/C15H20ClN5O2/c1-19(2)15(23-4)21(11-7-5-10(16)6-8-11)14-12(13(17)22)20(3)9-18-14/h5-9,15H,1-4H3,(H2,17,22). The smallest absolute Gasteiger partial charge is 0.269 e. The molecule has 23 heavy (non-hydrogen) atoms. The van der Waals surface area contributed by atoms with Crippen LogP contribution < -0.4 is 10.6 Å². The SMILES string of the molecule is COC(N(C)C)N(c1ccc(Cl)cc1)c1ncn(C)c1C(N)=O. The number of amides is 1. The Morgan fingerprint density at radius 3 is 2.43 bits per heavy atom. The van der Waals surface area contributed by atoms with Gasteiger partial charge in [-0.25, -0.2) is 4.98 Å². The van der Waals surface area contributed by atoms with E-state index in [0.717, 1.165) is 5.69 Å². The number of nitrogens with two attached hydrogens (primary N) is 1. The number of imidazole rings is 1. The molecule has 2 aromatic rings. The van der Waals surface area contributed by atoms with Crippen molar-refractivity contribution in [1.82, 2.24) is 14.5 Å². The maximum atomic E-state index is 11.8. The van der Waals surface area contributed by atoms with E-state index >= 15 is 0 Å². The highest BCUT2D eigenvalue weighted by molar-refractivity contribution is 6.30. The Labute approximate surface area is 140 Å². The zero-order valence-corrected chi connectivity index (χ0v) is 14.3. The van der Waals surface area contributed by atoms with Gasteiger partial charge in [-0.15, -0.1) is 0 Å². The van der Waals surface area contributed by atoms with Crippen molar-refractivity contribution in [2.45, 2.75) is 6.35 Å². The van der Waals surface area contributed by atoms with E-state index < -0.39 is 12.3 Å². The van der Waals surface area contributed by atoms with Crippen LogP contribution in [0.1, 0.15) is 10.5 Å². The fourth-order valence-electron chi connectivity index (χ4n) is 2.38. The van der Waals surface area contributed by atoms with Crippen LogP contribution in [0.2, 0.25) is 5.02 Å². The third kappa shape index (κ3) is 3.47. The number of hydrogen-bond donors (Lipinski definition) is 1. The molecule has 8 heteroatoms. The third-order valence-corrected chi connectivity index (χ3v) is 3.61. The van der Waals surface area contributed by atoms with Crippen molar-refractivity contribution < 1.29 is 9.53 Å². The van der Waals surface area contributed by atoms with Gasteiger partial charge in [0.15, 0.2) is 17.9 Å². The number of benzene rings is 1. The molecule has 1 unspecified atom stereocenters. The largest absolute Gasteiger partial charge is 0.364 e. The van der Waals surface area contributed by atoms with E-state index in [2.05, 4.69) is 4.98 Å². The molecule has 1 aromatic carbocycles. The molecule has 0 bridgehead atoms. The van der Waals surface area contributed by atoms with E-state index in [1.54, 1.807) is 42.1 Å². The molecule has 7 nitrogen and oxygen atoms in total. The lowest BCUT2D eigenvalue weighted by atomic mass is 10.2. The van der Waals surface area contributed by atoms with Crippen LogP contribution >= 0.6 is 11.6 Å². The van der Waals surface area contributed by atoms with Gasteiger partial charge in [0.25, 0.3) is 5.91 Å². The second-order valence-corrected chi connectivity index (χ2v) is 5.70. The van der Waals surface area contributed by atoms with Crippen molar-refractivity contribution in [3.05, 3.63) is 41.3 Å². The van der Waals surface area contributed by atoms with Gasteiger partial charge in [-0.2, -0.15) is 0 Å². The van der Waals surface area contributed by atoms with Crippen LogP contribution in [-0.2, 0) is 11.8 Å². The van der Waals surface area contributed by atoms with E-state index in [4.69, 9.17) is 22.1 Å². The fraction of sp³-hybridized carbons (Fsp3) is 0.333. The van der Waals surface area contributed by atoms with E-state index in [1.807, 2.05) is 31.1 Å². The van der Waals surface area contributed by atoms with Gasteiger partial charge in [0.2, 0.25) is 0 Å². The molecule has 124 valence electrons. The molecule has 2 N–H and O–H groups in total. The summed E-state index contributed by atoms with van der Waals surface area (Å²) >= 11 is 5.97.